The number of aryl methyl sites for hydroxylation is 2. The molecule has 2 heterocycles. The van der Waals surface area contributed by atoms with E-state index in [-0.39, 0.29) is 22.5 Å². The molecule has 1 aromatic carbocycles. The second-order valence-electron chi connectivity index (χ2n) is 11.7. The number of morpholine rings is 1. The number of hydrogen-bond donors (Lipinski definition) is 0. The Hall–Kier alpha value is -1.39. The fraction of sp³-hybridized carbons (Fsp3) is 0.741. The van der Waals surface area contributed by atoms with E-state index in [0.717, 1.165) is 38.8 Å². The third-order valence-electron chi connectivity index (χ3n) is 9.76. The van der Waals surface area contributed by atoms with Gasteiger partial charge in [0.1, 0.15) is 5.60 Å². The molecule has 7 rings (SSSR count). The van der Waals surface area contributed by atoms with Gasteiger partial charge in [-0.3, -0.25) is 4.79 Å². The lowest BCUT2D eigenvalue weighted by molar-refractivity contribution is -0.179. The number of hydrogen-bond acceptors (Lipinski definition) is 3. The average molecular weight is 424 g/mol. The largest absolute Gasteiger partial charge is 0.375 e. The SMILES string of the molecule is Cc1ccc(C23CC4CC(CC(C(=O)N5CCOC6(CCOC6C)C5)(C4)C2)C3)cc1C. The van der Waals surface area contributed by atoms with Gasteiger partial charge >= 0.3 is 0 Å². The molecule has 4 unspecified atom stereocenters. The molecule has 0 radical (unpaired) electrons. The summed E-state index contributed by atoms with van der Waals surface area (Å²) in [7, 11) is 0. The summed E-state index contributed by atoms with van der Waals surface area (Å²) in [6.07, 6.45) is 8.11. The van der Waals surface area contributed by atoms with Crippen molar-refractivity contribution < 1.29 is 14.3 Å². The van der Waals surface area contributed by atoms with Crippen LogP contribution in [-0.2, 0) is 19.7 Å². The first kappa shape index (κ1) is 20.2. The van der Waals surface area contributed by atoms with E-state index in [4.69, 9.17) is 9.47 Å². The second kappa shape index (κ2) is 6.81. The van der Waals surface area contributed by atoms with Gasteiger partial charge in [0.05, 0.1) is 24.7 Å². The minimum absolute atomic E-state index is 0.0707. The van der Waals surface area contributed by atoms with Gasteiger partial charge in [-0.1, -0.05) is 18.2 Å². The molecule has 4 heteroatoms. The maximum atomic E-state index is 14.2. The highest BCUT2D eigenvalue weighted by Crippen LogP contribution is 2.66. The molecule has 4 atom stereocenters. The molecule has 1 aromatic rings. The fourth-order valence-corrected chi connectivity index (χ4v) is 8.40. The first-order valence-electron chi connectivity index (χ1n) is 12.5. The number of ether oxygens (including phenoxy) is 2. The van der Waals surface area contributed by atoms with Crippen LogP contribution in [0.3, 0.4) is 0 Å². The van der Waals surface area contributed by atoms with Gasteiger partial charge in [0, 0.05) is 19.6 Å². The van der Waals surface area contributed by atoms with E-state index >= 15 is 0 Å². The van der Waals surface area contributed by atoms with Gasteiger partial charge in [-0.25, -0.2) is 0 Å². The Bertz CT molecular complexity index is 896. The number of nitrogens with zero attached hydrogens (tertiary/aromatic N) is 1. The van der Waals surface area contributed by atoms with Crippen LogP contribution in [0.2, 0.25) is 0 Å². The normalized spacial score (nSPS) is 43.7. The molecule has 4 bridgehead atoms. The maximum absolute atomic E-state index is 14.2. The van der Waals surface area contributed by atoms with Gasteiger partial charge < -0.3 is 14.4 Å². The highest BCUT2D eigenvalue weighted by molar-refractivity contribution is 5.84. The van der Waals surface area contributed by atoms with Crippen LogP contribution in [0.25, 0.3) is 0 Å². The first-order chi connectivity index (χ1) is 14.8. The van der Waals surface area contributed by atoms with Crippen molar-refractivity contribution in [2.45, 2.75) is 82.8 Å². The zero-order valence-corrected chi connectivity index (χ0v) is 19.4. The molecule has 4 saturated carbocycles. The summed E-state index contributed by atoms with van der Waals surface area (Å²) in [5.41, 5.74) is 4.00. The van der Waals surface area contributed by atoms with Crippen molar-refractivity contribution in [2.75, 3.05) is 26.3 Å². The fourth-order valence-electron chi connectivity index (χ4n) is 8.40. The standard InChI is InChI=1S/C27H37NO3/c1-18-4-5-23(10-19(18)2)25-12-21-11-22(13-25)15-26(14-21,16-25)24(29)28-7-9-31-27(17-28)6-8-30-20(27)3/h4-5,10,20-22H,6-9,11-17H2,1-3H3. The number of benzene rings is 1. The van der Waals surface area contributed by atoms with E-state index in [1.54, 1.807) is 0 Å². The van der Waals surface area contributed by atoms with E-state index in [1.165, 1.54) is 36.0 Å². The Kier molecular flexibility index (Phi) is 4.44. The van der Waals surface area contributed by atoms with Crippen molar-refractivity contribution >= 4 is 5.91 Å². The molecule has 1 spiro atoms. The molecule has 4 aliphatic carbocycles. The topological polar surface area (TPSA) is 38.8 Å². The molecule has 31 heavy (non-hydrogen) atoms. The van der Waals surface area contributed by atoms with Crippen LogP contribution in [-0.4, -0.2) is 48.8 Å². The predicted molar refractivity (Wildman–Crippen MR) is 120 cm³/mol. The molecule has 2 saturated heterocycles. The van der Waals surface area contributed by atoms with Crippen molar-refractivity contribution in [3.05, 3.63) is 34.9 Å². The molecule has 6 fully saturated rings. The van der Waals surface area contributed by atoms with Crippen molar-refractivity contribution in [3.63, 3.8) is 0 Å². The van der Waals surface area contributed by atoms with Crippen molar-refractivity contribution in [1.82, 2.24) is 4.90 Å². The lowest BCUT2D eigenvalue weighted by atomic mass is 9.42. The molecule has 0 aromatic heterocycles. The van der Waals surface area contributed by atoms with Gasteiger partial charge in [0.25, 0.3) is 0 Å². The van der Waals surface area contributed by atoms with Crippen LogP contribution >= 0.6 is 0 Å². The molecular formula is C27H37NO3. The van der Waals surface area contributed by atoms with Crippen molar-refractivity contribution in [3.8, 4) is 0 Å². The Balaban J connectivity index is 1.32. The van der Waals surface area contributed by atoms with Crippen LogP contribution in [0.15, 0.2) is 18.2 Å². The smallest absolute Gasteiger partial charge is 0.229 e. The zero-order valence-electron chi connectivity index (χ0n) is 19.4. The van der Waals surface area contributed by atoms with Gasteiger partial charge in [0.15, 0.2) is 0 Å². The Morgan fingerprint density at radius 1 is 1.06 bits per heavy atom. The van der Waals surface area contributed by atoms with Crippen molar-refractivity contribution in [1.29, 1.82) is 0 Å². The highest BCUT2D eigenvalue weighted by Gasteiger charge is 2.62. The molecule has 2 aliphatic heterocycles. The van der Waals surface area contributed by atoms with Crippen LogP contribution in [0.4, 0.5) is 0 Å². The van der Waals surface area contributed by atoms with Gasteiger partial charge in [-0.2, -0.15) is 0 Å². The summed E-state index contributed by atoms with van der Waals surface area (Å²) in [4.78, 5) is 16.4. The molecule has 6 aliphatic rings. The summed E-state index contributed by atoms with van der Waals surface area (Å²) < 4.78 is 12.1. The van der Waals surface area contributed by atoms with Gasteiger partial charge in [-0.15, -0.1) is 0 Å². The zero-order chi connectivity index (χ0) is 21.4. The third-order valence-corrected chi connectivity index (χ3v) is 9.76. The monoisotopic (exact) mass is 423 g/mol. The predicted octanol–water partition coefficient (Wildman–Crippen LogP) is 4.55. The number of rotatable bonds is 2. The summed E-state index contributed by atoms with van der Waals surface area (Å²) in [6.45, 7) is 9.38. The van der Waals surface area contributed by atoms with Crippen molar-refractivity contribution in [2.24, 2.45) is 17.3 Å². The van der Waals surface area contributed by atoms with E-state index in [1.807, 2.05) is 0 Å². The summed E-state index contributed by atoms with van der Waals surface area (Å²) in [5, 5.41) is 0. The lowest BCUT2D eigenvalue weighted by Crippen LogP contribution is -2.63. The summed E-state index contributed by atoms with van der Waals surface area (Å²) >= 11 is 0. The van der Waals surface area contributed by atoms with Gasteiger partial charge in [-0.05, 0) is 93.2 Å². The number of carbonyl (C=O) groups excluding carboxylic acids is 1. The second-order valence-corrected chi connectivity index (χ2v) is 11.7. The summed E-state index contributed by atoms with van der Waals surface area (Å²) in [6, 6.07) is 7.10. The minimum Gasteiger partial charge on any atom is -0.375 e. The van der Waals surface area contributed by atoms with E-state index in [2.05, 4.69) is 43.9 Å². The Morgan fingerprint density at radius 2 is 1.84 bits per heavy atom. The molecule has 168 valence electrons. The molecule has 1 amide bonds. The van der Waals surface area contributed by atoms with Crippen LogP contribution in [0.1, 0.15) is 68.6 Å². The minimum atomic E-state index is -0.290. The van der Waals surface area contributed by atoms with E-state index in [9.17, 15) is 4.79 Å². The lowest BCUT2D eigenvalue weighted by Gasteiger charge is -2.62. The van der Waals surface area contributed by atoms with Gasteiger partial charge in [0.2, 0.25) is 5.91 Å². The quantitative estimate of drug-likeness (QED) is 0.701. The molecule has 0 N–H and O–H groups in total. The molecule has 4 nitrogen and oxygen atoms in total. The van der Waals surface area contributed by atoms with E-state index in [0.29, 0.717) is 30.9 Å². The maximum Gasteiger partial charge on any atom is 0.229 e. The van der Waals surface area contributed by atoms with Crippen LogP contribution in [0, 0.1) is 31.1 Å². The average Bonchev–Trinajstić information content (AvgIpc) is 3.07. The Morgan fingerprint density at radius 3 is 2.52 bits per heavy atom. The van der Waals surface area contributed by atoms with E-state index < -0.39 is 0 Å². The highest BCUT2D eigenvalue weighted by atomic mass is 16.6. The van der Waals surface area contributed by atoms with Crippen LogP contribution < -0.4 is 0 Å². The Labute approximate surface area is 186 Å². The number of amides is 1. The third kappa shape index (κ3) is 2.97. The number of carbonyl (C=O) groups is 1. The summed E-state index contributed by atoms with van der Waals surface area (Å²) in [5.74, 6) is 1.84. The molecular weight excluding hydrogens is 386 g/mol. The first-order valence-corrected chi connectivity index (χ1v) is 12.5. The van der Waals surface area contributed by atoms with Crippen LogP contribution in [0.5, 0.6) is 0 Å².